The van der Waals surface area contributed by atoms with Crippen LogP contribution in [0, 0.1) is 17.8 Å². The lowest BCUT2D eigenvalue weighted by molar-refractivity contribution is -0.132. The van der Waals surface area contributed by atoms with Crippen molar-refractivity contribution in [3.8, 4) is 0 Å². The Hall–Kier alpha value is -2.11. The molecule has 2 atom stereocenters. The number of piperazine rings is 1. The number of nitrogens with one attached hydrogen (secondary N) is 1. The van der Waals surface area contributed by atoms with E-state index in [2.05, 4.69) is 22.1 Å². The van der Waals surface area contributed by atoms with Gasteiger partial charge in [-0.2, -0.15) is 0 Å². The molecule has 0 bridgehead atoms. The summed E-state index contributed by atoms with van der Waals surface area (Å²) >= 11 is 0. The monoisotopic (exact) mass is 328 g/mol. The fourth-order valence-electron chi connectivity index (χ4n) is 3.33. The molecular weight excluding hydrogens is 304 g/mol. The molecule has 1 aromatic heterocycles. The van der Waals surface area contributed by atoms with Crippen LogP contribution in [0.2, 0.25) is 0 Å². The van der Waals surface area contributed by atoms with Crippen LogP contribution in [0.1, 0.15) is 26.2 Å². The maximum Gasteiger partial charge on any atom is 0.228 e. The number of anilines is 2. The number of nitrogens with zero attached hydrogens (tertiary/aromatic N) is 3. The van der Waals surface area contributed by atoms with Crippen molar-refractivity contribution in [3.05, 3.63) is 18.3 Å². The van der Waals surface area contributed by atoms with E-state index in [4.69, 9.17) is 0 Å². The van der Waals surface area contributed by atoms with Crippen molar-refractivity contribution in [1.29, 1.82) is 0 Å². The average Bonchev–Trinajstić information content (AvgIpc) is 3.51. The van der Waals surface area contributed by atoms with E-state index in [1.807, 2.05) is 23.2 Å². The molecule has 1 aromatic rings. The van der Waals surface area contributed by atoms with Crippen molar-refractivity contribution in [2.75, 3.05) is 36.4 Å². The Bertz CT molecular complexity index is 633. The van der Waals surface area contributed by atoms with Gasteiger partial charge in [0.25, 0.3) is 0 Å². The molecule has 6 nitrogen and oxygen atoms in total. The quantitative estimate of drug-likeness (QED) is 0.914. The summed E-state index contributed by atoms with van der Waals surface area (Å²) in [7, 11) is 0. The zero-order valence-corrected chi connectivity index (χ0v) is 14.1. The summed E-state index contributed by atoms with van der Waals surface area (Å²) in [4.78, 5) is 32.6. The summed E-state index contributed by atoms with van der Waals surface area (Å²) in [5, 5.41) is 2.88. The largest absolute Gasteiger partial charge is 0.367 e. The van der Waals surface area contributed by atoms with Crippen molar-refractivity contribution < 1.29 is 9.59 Å². The second kappa shape index (κ2) is 6.07. The molecule has 4 rings (SSSR count). The maximum atomic E-state index is 12.1. The normalized spacial score (nSPS) is 26.2. The maximum absolute atomic E-state index is 12.1. The van der Waals surface area contributed by atoms with Crippen molar-refractivity contribution in [2.45, 2.75) is 26.2 Å². The highest BCUT2D eigenvalue weighted by Gasteiger charge is 2.39. The number of carbonyl (C=O) groups excluding carboxylic acids is 2. The molecule has 2 amide bonds. The zero-order valence-electron chi connectivity index (χ0n) is 14.1. The van der Waals surface area contributed by atoms with Gasteiger partial charge in [-0.25, -0.2) is 4.98 Å². The standard InChI is InChI=1S/C18H24N4O2/c1-12-10-15(12)17(23)20-16-5-4-14(11-19-16)21-6-8-22(9-7-21)18(24)13-2-3-13/h4-5,11-13,15H,2-3,6-10H2,1H3,(H,19,20,23). The Kier molecular flexibility index (Phi) is 3.90. The molecule has 6 heteroatoms. The molecule has 0 radical (unpaired) electrons. The Morgan fingerprint density at radius 1 is 1.17 bits per heavy atom. The topological polar surface area (TPSA) is 65.5 Å². The van der Waals surface area contributed by atoms with Crippen LogP contribution in [0.15, 0.2) is 18.3 Å². The van der Waals surface area contributed by atoms with E-state index in [0.717, 1.165) is 51.1 Å². The van der Waals surface area contributed by atoms with Crippen molar-refractivity contribution in [2.24, 2.45) is 17.8 Å². The van der Waals surface area contributed by atoms with E-state index >= 15 is 0 Å². The highest BCUT2D eigenvalue weighted by Crippen LogP contribution is 2.38. The van der Waals surface area contributed by atoms with Crippen molar-refractivity contribution in [3.63, 3.8) is 0 Å². The molecule has 0 spiro atoms. The van der Waals surface area contributed by atoms with Crippen LogP contribution in [0.3, 0.4) is 0 Å². The van der Waals surface area contributed by atoms with Crippen LogP contribution in [0.4, 0.5) is 11.5 Å². The molecule has 3 aliphatic rings. The number of hydrogen-bond acceptors (Lipinski definition) is 4. The molecule has 2 saturated carbocycles. The lowest BCUT2D eigenvalue weighted by atomic mass is 10.2. The molecule has 1 N–H and O–H groups in total. The van der Waals surface area contributed by atoms with Gasteiger partial charge in [0, 0.05) is 38.0 Å². The summed E-state index contributed by atoms with van der Waals surface area (Å²) in [6, 6.07) is 3.86. The van der Waals surface area contributed by atoms with Crippen LogP contribution in [-0.2, 0) is 9.59 Å². The van der Waals surface area contributed by atoms with E-state index in [0.29, 0.717) is 23.6 Å². The second-order valence-corrected chi connectivity index (χ2v) is 7.30. The molecule has 128 valence electrons. The minimum atomic E-state index is 0.0787. The van der Waals surface area contributed by atoms with Gasteiger partial charge in [-0.3, -0.25) is 9.59 Å². The molecule has 24 heavy (non-hydrogen) atoms. The number of pyridine rings is 1. The first-order chi connectivity index (χ1) is 11.6. The minimum absolute atomic E-state index is 0.0787. The molecular formula is C18H24N4O2. The van der Waals surface area contributed by atoms with E-state index in [-0.39, 0.29) is 11.8 Å². The van der Waals surface area contributed by atoms with Gasteiger partial charge in [-0.1, -0.05) is 6.92 Å². The summed E-state index contributed by atoms with van der Waals surface area (Å²) in [5.74, 6) is 1.98. The predicted molar refractivity (Wildman–Crippen MR) is 91.7 cm³/mol. The minimum Gasteiger partial charge on any atom is -0.367 e. The molecule has 0 aromatic carbocycles. The molecule has 1 saturated heterocycles. The highest BCUT2D eigenvalue weighted by molar-refractivity contribution is 5.93. The van der Waals surface area contributed by atoms with E-state index < -0.39 is 0 Å². The van der Waals surface area contributed by atoms with Crippen LogP contribution in [0.5, 0.6) is 0 Å². The lowest BCUT2D eigenvalue weighted by Gasteiger charge is -2.36. The Morgan fingerprint density at radius 3 is 2.42 bits per heavy atom. The number of amides is 2. The Morgan fingerprint density at radius 2 is 1.88 bits per heavy atom. The van der Waals surface area contributed by atoms with Gasteiger partial charge in [-0.05, 0) is 37.3 Å². The van der Waals surface area contributed by atoms with Gasteiger partial charge < -0.3 is 15.1 Å². The summed E-state index contributed by atoms with van der Waals surface area (Å²) in [6.07, 6.45) is 4.92. The molecule has 3 fully saturated rings. The predicted octanol–water partition coefficient (Wildman–Crippen LogP) is 1.73. The number of rotatable bonds is 4. The van der Waals surface area contributed by atoms with Gasteiger partial charge in [0.1, 0.15) is 5.82 Å². The highest BCUT2D eigenvalue weighted by atomic mass is 16.2. The van der Waals surface area contributed by atoms with Gasteiger partial charge in [0.15, 0.2) is 0 Å². The first-order valence-corrected chi connectivity index (χ1v) is 8.92. The third kappa shape index (κ3) is 3.23. The number of aromatic nitrogens is 1. The van der Waals surface area contributed by atoms with Gasteiger partial charge in [0.05, 0.1) is 11.9 Å². The number of hydrogen-bond donors (Lipinski definition) is 1. The van der Waals surface area contributed by atoms with E-state index in [1.54, 1.807) is 0 Å². The third-order valence-electron chi connectivity index (χ3n) is 5.33. The fourth-order valence-corrected chi connectivity index (χ4v) is 3.33. The molecule has 1 aliphatic heterocycles. The Labute approximate surface area is 142 Å². The first-order valence-electron chi connectivity index (χ1n) is 8.92. The van der Waals surface area contributed by atoms with Crippen molar-refractivity contribution in [1.82, 2.24) is 9.88 Å². The van der Waals surface area contributed by atoms with Gasteiger partial charge >= 0.3 is 0 Å². The summed E-state index contributed by atoms with van der Waals surface area (Å²) < 4.78 is 0. The number of carbonyl (C=O) groups is 2. The van der Waals surface area contributed by atoms with Crippen molar-refractivity contribution >= 4 is 23.3 Å². The smallest absolute Gasteiger partial charge is 0.228 e. The summed E-state index contributed by atoms with van der Waals surface area (Å²) in [6.45, 7) is 5.34. The van der Waals surface area contributed by atoms with E-state index in [9.17, 15) is 9.59 Å². The lowest BCUT2D eigenvalue weighted by Crippen LogP contribution is -2.49. The van der Waals surface area contributed by atoms with Gasteiger partial charge in [-0.15, -0.1) is 0 Å². The molecule has 2 heterocycles. The average molecular weight is 328 g/mol. The van der Waals surface area contributed by atoms with E-state index in [1.165, 1.54) is 0 Å². The van der Waals surface area contributed by atoms with Crippen LogP contribution in [0.25, 0.3) is 0 Å². The first kappa shape index (κ1) is 15.4. The van der Waals surface area contributed by atoms with Crippen LogP contribution < -0.4 is 10.2 Å². The summed E-state index contributed by atoms with van der Waals surface area (Å²) in [5.41, 5.74) is 1.05. The third-order valence-corrected chi connectivity index (χ3v) is 5.33. The van der Waals surface area contributed by atoms with Gasteiger partial charge in [0.2, 0.25) is 11.8 Å². The second-order valence-electron chi connectivity index (χ2n) is 7.30. The molecule has 2 aliphatic carbocycles. The fraction of sp³-hybridized carbons (Fsp3) is 0.611. The SMILES string of the molecule is CC1CC1C(=O)Nc1ccc(N2CCN(C(=O)C3CC3)CC2)cn1. The molecule has 2 unspecified atom stereocenters. The Balaban J connectivity index is 1.30. The van der Waals surface area contributed by atoms with Crippen LogP contribution >= 0.6 is 0 Å². The van der Waals surface area contributed by atoms with Crippen LogP contribution in [-0.4, -0.2) is 47.9 Å². The zero-order chi connectivity index (χ0) is 16.7.